The van der Waals surface area contributed by atoms with E-state index in [4.69, 9.17) is 23.7 Å². The Balaban J connectivity index is 2.03. The Labute approximate surface area is 195 Å². The van der Waals surface area contributed by atoms with Crippen LogP contribution in [0.15, 0.2) is 36.5 Å². The second kappa shape index (κ2) is 10.9. The zero-order valence-corrected chi connectivity index (χ0v) is 19.1. The van der Waals surface area contributed by atoms with Crippen LogP contribution in [0.2, 0.25) is 0 Å². The van der Waals surface area contributed by atoms with Gasteiger partial charge in [0.25, 0.3) is 0 Å². The number of hydrogen-bond donors (Lipinski definition) is 0. The fraction of sp³-hybridized carbons (Fsp3) is 0.455. The van der Waals surface area contributed by atoms with Crippen LogP contribution in [0.4, 0.5) is 0 Å². The van der Waals surface area contributed by atoms with Gasteiger partial charge in [0.15, 0.2) is 24.5 Å². The predicted octanol–water partition coefficient (Wildman–Crippen LogP) is 1.20. The van der Waals surface area contributed by atoms with Crippen LogP contribution in [0, 0.1) is 0 Å². The Hall–Kier alpha value is -3.80. The zero-order chi connectivity index (χ0) is 24.8. The highest BCUT2D eigenvalue weighted by Crippen LogP contribution is 2.35. The van der Waals surface area contributed by atoms with Crippen molar-refractivity contribution in [3.05, 3.63) is 36.5 Å². The van der Waals surface area contributed by atoms with Crippen LogP contribution in [-0.2, 0) is 42.9 Å². The van der Waals surface area contributed by atoms with Gasteiger partial charge in [-0.1, -0.05) is 35.5 Å². The smallest absolute Gasteiger partial charge is 0.303 e. The molecule has 2 aromatic rings. The normalized spacial score (nSPS) is 24.1. The standard InChI is InChI=1S/C22H25N3O9/c1-12(26)30-11-18-19(31-13(2)27)20(32-14(3)28)21(33-15(4)29)22(34-18)25-10-17(23-24-25)16-8-6-5-7-9-16/h5-10,18-22H,11H2,1-4H3/t18-,19-,20+,21-,22+/m1/s1. The van der Waals surface area contributed by atoms with Gasteiger partial charge in [0.2, 0.25) is 0 Å². The molecule has 1 saturated heterocycles. The van der Waals surface area contributed by atoms with E-state index in [1.165, 1.54) is 18.5 Å². The number of aromatic nitrogens is 3. The molecule has 1 aromatic carbocycles. The van der Waals surface area contributed by atoms with E-state index in [9.17, 15) is 19.2 Å². The molecule has 1 fully saturated rings. The van der Waals surface area contributed by atoms with Gasteiger partial charge < -0.3 is 23.7 Å². The van der Waals surface area contributed by atoms with E-state index in [2.05, 4.69) is 10.3 Å². The molecular weight excluding hydrogens is 450 g/mol. The molecule has 182 valence electrons. The van der Waals surface area contributed by atoms with Gasteiger partial charge in [-0.3, -0.25) is 19.2 Å². The first-order valence-corrected chi connectivity index (χ1v) is 10.4. The van der Waals surface area contributed by atoms with Gasteiger partial charge in [-0.25, -0.2) is 4.68 Å². The van der Waals surface area contributed by atoms with Crippen LogP contribution in [-0.4, -0.2) is 69.9 Å². The molecule has 1 aliphatic rings. The molecule has 0 bridgehead atoms. The van der Waals surface area contributed by atoms with E-state index < -0.39 is 54.5 Å². The lowest BCUT2D eigenvalue weighted by Gasteiger charge is -2.44. The van der Waals surface area contributed by atoms with Gasteiger partial charge in [0, 0.05) is 33.3 Å². The van der Waals surface area contributed by atoms with Crippen LogP contribution in [0.25, 0.3) is 11.3 Å². The number of nitrogens with zero attached hydrogens (tertiary/aromatic N) is 3. The van der Waals surface area contributed by atoms with Gasteiger partial charge >= 0.3 is 23.9 Å². The third-order valence-corrected chi connectivity index (χ3v) is 4.81. The van der Waals surface area contributed by atoms with Crippen LogP contribution in [0.1, 0.15) is 33.9 Å². The number of carbonyl (C=O) groups excluding carboxylic acids is 4. The third-order valence-electron chi connectivity index (χ3n) is 4.81. The summed E-state index contributed by atoms with van der Waals surface area (Å²) in [4.78, 5) is 47.1. The second-order valence-corrected chi connectivity index (χ2v) is 7.54. The van der Waals surface area contributed by atoms with Crippen molar-refractivity contribution in [1.29, 1.82) is 0 Å². The number of benzene rings is 1. The number of esters is 4. The molecule has 12 heteroatoms. The van der Waals surface area contributed by atoms with Crippen molar-refractivity contribution in [1.82, 2.24) is 15.0 Å². The zero-order valence-electron chi connectivity index (χ0n) is 19.1. The predicted molar refractivity (Wildman–Crippen MR) is 113 cm³/mol. The molecule has 0 unspecified atom stereocenters. The molecule has 3 rings (SSSR count). The Kier molecular flexibility index (Phi) is 7.95. The summed E-state index contributed by atoms with van der Waals surface area (Å²) >= 11 is 0. The van der Waals surface area contributed by atoms with Crippen molar-refractivity contribution in [2.75, 3.05) is 6.61 Å². The number of rotatable bonds is 7. The molecule has 5 atom stereocenters. The first kappa shape index (κ1) is 24.8. The van der Waals surface area contributed by atoms with Crippen LogP contribution < -0.4 is 0 Å². The van der Waals surface area contributed by atoms with Gasteiger partial charge in [0.1, 0.15) is 18.4 Å². The molecular formula is C22H25N3O9. The minimum atomic E-state index is -1.28. The van der Waals surface area contributed by atoms with Crippen LogP contribution in [0.3, 0.4) is 0 Å². The van der Waals surface area contributed by atoms with E-state index in [0.717, 1.165) is 19.4 Å². The fourth-order valence-electron chi connectivity index (χ4n) is 3.56. The number of hydrogen-bond acceptors (Lipinski definition) is 11. The highest BCUT2D eigenvalue weighted by atomic mass is 16.7. The first-order valence-electron chi connectivity index (χ1n) is 10.4. The summed E-state index contributed by atoms with van der Waals surface area (Å²) < 4.78 is 28.6. The van der Waals surface area contributed by atoms with Gasteiger partial charge in [-0.15, -0.1) is 5.10 Å². The summed E-state index contributed by atoms with van der Waals surface area (Å²) in [6, 6.07) is 9.20. The SMILES string of the molecule is CC(=O)OC[C@H]1O[C@H](n2cc(-c3ccccc3)nn2)[C@H](OC(C)=O)[C@@H](OC(C)=O)[C@@H]1OC(C)=O. The molecule has 12 nitrogen and oxygen atoms in total. The summed E-state index contributed by atoms with van der Waals surface area (Å²) in [7, 11) is 0. The van der Waals surface area contributed by atoms with Gasteiger partial charge in [0.05, 0.1) is 6.20 Å². The molecule has 0 amide bonds. The first-order chi connectivity index (χ1) is 16.2. The van der Waals surface area contributed by atoms with Crippen LogP contribution >= 0.6 is 0 Å². The lowest BCUT2D eigenvalue weighted by Crippen LogP contribution is -2.60. The Morgan fingerprint density at radius 2 is 1.44 bits per heavy atom. The number of carbonyl (C=O) groups is 4. The average molecular weight is 475 g/mol. The lowest BCUT2D eigenvalue weighted by molar-refractivity contribution is -0.270. The summed E-state index contributed by atoms with van der Waals surface area (Å²) in [6.07, 6.45) is -4.43. The average Bonchev–Trinajstić information content (AvgIpc) is 3.25. The maximum Gasteiger partial charge on any atom is 0.303 e. The lowest BCUT2D eigenvalue weighted by atomic mass is 9.97. The van der Waals surface area contributed by atoms with E-state index in [1.807, 2.05) is 30.3 Å². The molecule has 0 aliphatic carbocycles. The molecule has 34 heavy (non-hydrogen) atoms. The summed E-state index contributed by atoms with van der Waals surface area (Å²) in [5, 5.41) is 8.24. The summed E-state index contributed by atoms with van der Waals surface area (Å²) in [5.41, 5.74) is 1.29. The second-order valence-electron chi connectivity index (χ2n) is 7.54. The highest BCUT2D eigenvalue weighted by molar-refractivity contribution is 5.68. The highest BCUT2D eigenvalue weighted by Gasteiger charge is 2.53. The maximum absolute atomic E-state index is 11.9. The van der Waals surface area contributed by atoms with Crippen molar-refractivity contribution in [2.24, 2.45) is 0 Å². The molecule has 2 heterocycles. The molecule has 0 saturated carbocycles. The Bertz CT molecular complexity index is 1040. The summed E-state index contributed by atoms with van der Waals surface area (Å²) in [6.45, 7) is 4.36. The van der Waals surface area contributed by atoms with Crippen LogP contribution in [0.5, 0.6) is 0 Å². The quantitative estimate of drug-likeness (QED) is 0.420. The Morgan fingerprint density at radius 3 is 2.03 bits per heavy atom. The molecule has 1 aliphatic heterocycles. The minimum Gasteiger partial charge on any atom is -0.463 e. The van der Waals surface area contributed by atoms with Crippen molar-refractivity contribution in [3.8, 4) is 11.3 Å². The van der Waals surface area contributed by atoms with E-state index in [1.54, 1.807) is 6.20 Å². The maximum atomic E-state index is 11.9. The monoisotopic (exact) mass is 475 g/mol. The molecule has 0 spiro atoms. The topological polar surface area (TPSA) is 145 Å². The van der Waals surface area contributed by atoms with Crippen molar-refractivity contribution in [3.63, 3.8) is 0 Å². The minimum absolute atomic E-state index is 0.325. The largest absolute Gasteiger partial charge is 0.463 e. The van der Waals surface area contributed by atoms with E-state index in [0.29, 0.717) is 5.69 Å². The molecule has 1 aromatic heterocycles. The Morgan fingerprint density at radius 1 is 0.853 bits per heavy atom. The fourth-order valence-corrected chi connectivity index (χ4v) is 3.56. The number of ether oxygens (including phenoxy) is 5. The van der Waals surface area contributed by atoms with Gasteiger partial charge in [-0.05, 0) is 0 Å². The third kappa shape index (κ3) is 6.16. The molecule has 0 N–H and O–H groups in total. The summed E-state index contributed by atoms with van der Waals surface area (Å²) in [5.74, 6) is -2.71. The van der Waals surface area contributed by atoms with Crippen molar-refractivity contribution < 1.29 is 42.9 Å². The van der Waals surface area contributed by atoms with Crippen molar-refractivity contribution >= 4 is 23.9 Å². The van der Waals surface area contributed by atoms with E-state index >= 15 is 0 Å². The molecule has 0 radical (unpaired) electrons. The van der Waals surface area contributed by atoms with E-state index in [-0.39, 0.29) is 6.61 Å². The van der Waals surface area contributed by atoms with Gasteiger partial charge in [-0.2, -0.15) is 0 Å². The van der Waals surface area contributed by atoms with Crippen molar-refractivity contribution in [2.45, 2.75) is 58.3 Å².